The maximum atomic E-state index is 11.0. The summed E-state index contributed by atoms with van der Waals surface area (Å²) in [6.07, 6.45) is 1.35. The van der Waals surface area contributed by atoms with Crippen molar-refractivity contribution in [1.82, 2.24) is 4.98 Å². The fourth-order valence-electron chi connectivity index (χ4n) is 0.736. The molecule has 0 aromatic carbocycles. The molecule has 1 aromatic rings. The number of aromatic nitrogens is 1. The highest BCUT2D eigenvalue weighted by atomic mass is 16.5. The summed E-state index contributed by atoms with van der Waals surface area (Å²) < 4.78 is 4.67. The van der Waals surface area contributed by atoms with E-state index in [0.717, 1.165) is 0 Å². The molecular formula is C8H9NO3. The van der Waals surface area contributed by atoms with Crippen LogP contribution >= 0.6 is 0 Å². The second-order valence-corrected chi connectivity index (χ2v) is 2.12. The Hall–Kier alpha value is -1.58. The quantitative estimate of drug-likeness (QED) is 0.666. The molecule has 1 N–H and O–H groups in total. The lowest BCUT2D eigenvalue weighted by Gasteiger charge is -1.99. The molecule has 0 saturated carbocycles. The molecule has 0 aliphatic rings. The molecule has 12 heavy (non-hydrogen) atoms. The van der Waals surface area contributed by atoms with Gasteiger partial charge in [0.2, 0.25) is 0 Å². The SMILES string of the molecule is CCOC(=O)c1cc(O)ccn1. The summed E-state index contributed by atoms with van der Waals surface area (Å²) in [5.41, 5.74) is 0.122. The fraction of sp³-hybridized carbons (Fsp3) is 0.250. The van der Waals surface area contributed by atoms with E-state index in [1.165, 1.54) is 18.3 Å². The third-order valence-corrected chi connectivity index (χ3v) is 1.23. The van der Waals surface area contributed by atoms with E-state index in [2.05, 4.69) is 9.72 Å². The summed E-state index contributed by atoms with van der Waals surface area (Å²) in [4.78, 5) is 14.7. The Kier molecular flexibility index (Phi) is 2.63. The van der Waals surface area contributed by atoms with E-state index < -0.39 is 5.97 Å². The number of hydrogen-bond donors (Lipinski definition) is 1. The van der Waals surface area contributed by atoms with Crippen LogP contribution < -0.4 is 0 Å². The van der Waals surface area contributed by atoms with Crippen LogP contribution in [0.4, 0.5) is 0 Å². The number of ether oxygens (including phenoxy) is 1. The minimum absolute atomic E-state index is 0.00746. The molecule has 4 heteroatoms. The molecule has 0 atom stereocenters. The van der Waals surface area contributed by atoms with Crippen LogP contribution in [0.3, 0.4) is 0 Å². The van der Waals surface area contributed by atoms with Gasteiger partial charge in [0.1, 0.15) is 5.75 Å². The number of aromatic hydroxyl groups is 1. The zero-order chi connectivity index (χ0) is 8.97. The van der Waals surface area contributed by atoms with Crippen molar-refractivity contribution in [3.63, 3.8) is 0 Å². The molecule has 0 saturated heterocycles. The minimum Gasteiger partial charge on any atom is -0.508 e. The van der Waals surface area contributed by atoms with E-state index >= 15 is 0 Å². The highest BCUT2D eigenvalue weighted by Gasteiger charge is 2.07. The molecule has 0 spiro atoms. The van der Waals surface area contributed by atoms with Crippen molar-refractivity contribution < 1.29 is 14.6 Å². The third kappa shape index (κ3) is 1.95. The Bertz CT molecular complexity index is 285. The third-order valence-electron chi connectivity index (χ3n) is 1.23. The number of carbonyl (C=O) groups excluding carboxylic acids is 1. The summed E-state index contributed by atoms with van der Waals surface area (Å²) in [5.74, 6) is -0.513. The zero-order valence-electron chi connectivity index (χ0n) is 6.65. The van der Waals surface area contributed by atoms with E-state index in [-0.39, 0.29) is 11.4 Å². The van der Waals surface area contributed by atoms with Crippen LogP contribution in [-0.2, 0) is 4.74 Å². The van der Waals surface area contributed by atoms with Crippen LogP contribution in [0.1, 0.15) is 17.4 Å². The van der Waals surface area contributed by atoms with Gasteiger partial charge in [0, 0.05) is 12.3 Å². The molecule has 0 amide bonds. The van der Waals surface area contributed by atoms with Gasteiger partial charge >= 0.3 is 5.97 Å². The Morgan fingerprint density at radius 2 is 2.50 bits per heavy atom. The molecule has 1 aromatic heterocycles. The van der Waals surface area contributed by atoms with Gasteiger partial charge < -0.3 is 9.84 Å². The van der Waals surface area contributed by atoms with Gasteiger partial charge in [0.25, 0.3) is 0 Å². The largest absolute Gasteiger partial charge is 0.508 e. The van der Waals surface area contributed by atoms with Gasteiger partial charge in [-0.1, -0.05) is 0 Å². The van der Waals surface area contributed by atoms with Crippen molar-refractivity contribution in [3.8, 4) is 5.75 Å². The monoisotopic (exact) mass is 167 g/mol. The first-order valence-electron chi connectivity index (χ1n) is 3.56. The van der Waals surface area contributed by atoms with E-state index in [1.807, 2.05) is 0 Å². The summed E-state index contributed by atoms with van der Waals surface area (Å²) in [7, 11) is 0. The maximum Gasteiger partial charge on any atom is 0.357 e. The Morgan fingerprint density at radius 3 is 3.08 bits per heavy atom. The minimum atomic E-state index is -0.520. The molecule has 0 radical (unpaired) electrons. The van der Waals surface area contributed by atoms with Crippen LogP contribution in [0.15, 0.2) is 18.3 Å². The topological polar surface area (TPSA) is 59.4 Å². The molecular weight excluding hydrogens is 158 g/mol. The molecule has 1 heterocycles. The second kappa shape index (κ2) is 3.71. The summed E-state index contributed by atoms with van der Waals surface area (Å²) in [6, 6.07) is 2.65. The molecule has 0 aliphatic heterocycles. The maximum absolute atomic E-state index is 11.0. The van der Waals surface area contributed by atoms with Crippen LogP contribution in [0, 0.1) is 0 Å². The highest BCUT2D eigenvalue weighted by molar-refractivity contribution is 5.87. The molecule has 64 valence electrons. The van der Waals surface area contributed by atoms with Crippen molar-refractivity contribution in [2.75, 3.05) is 6.61 Å². The van der Waals surface area contributed by atoms with Gasteiger partial charge in [-0.05, 0) is 13.0 Å². The summed E-state index contributed by atoms with van der Waals surface area (Å²) in [5, 5.41) is 8.98. The van der Waals surface area contributed by atoms with Gasteiger partial charge in [0.15, 0.2) is 5.69 Å². The lowest BCUT2D eigenvalue weighted by molar-refractivity contribution is 0.0519. The molecule has 0 fully saturated rings. The number of pyridine rings is 1. The smallest absolute Gasteiger partial charge is 0.357 e. The van der Waals surface area contributed by atoms with Crippen molar-refractivity contribution >= 4 is 5.97 Å². The predicted octanol–water partition coefficient (Wildman–Crippen LogP) is 0.964. The summed E-state index contributed by atoms with van der Waals surface area (Å²) >= 11 is 0. The first kappa shape index (κ1) is 8.52. The lowest BCUT2D eigenvalue weighted by Crippen LogP contribution is -2.06. The molecule has 4 nitrogen and oxygen atoms in total. The Morgan fingerprint density at radius 1 is 1.75 bits per heavy atom. The van der Waals surface area contributed by atoms with E-state index in [0.29, 0.717) is 6.61 Å². The normalized spacial score (nSPS) is 9.42. The number of carbonyl (C=O) groups is 1. The van der Waals surface area contributed by atoms with Gasteiger partial charge in [-0.15, -0.1) is 0 Å². The van der Waals surface area contributed by atoms with Gasteiger partial charge in [-0.3, -0.25) is 0 Å². The first-order valence-corrected chi connectivity index (χ1v) is 3.56. The molecule has 0 unspecified atom stereocenters. The fourth-order valence-corrected chi connectivity index (χ4v) is 0.736. The number of rotatable bonds is 2. The number of esters is 1. The van der Waals surface area contributed by atoms with E-state index in [4.69, 9.17) is 5.11 Å². The van der Waals surface area contributed by atoms with Crippen molar-refractivity contribution in [2.45, 2.75) is 6.92 Å². The zero-order valence-corrected chi connectivity index (χ0v) is 6.65. The number of nitrogens with zero attached hydrogens (tertiary/aromatic N) is 1. The van der Waals surface area contributed by atoms with Crippen LogP contribution in [0.2, 0.25) is 0 Å². The number of hydrogen-bond acceptors (Lipinski definition) is 4. The average Bonchev–Trinajstić information content (AvgIpc) is 2.05. The molecule has 0 bridgehead atoms. The summed E-state index contributed by atoms with van der Waals surface area (Å²) in [6.45, 7) is 2.01. The van der Waals surface area contributed by atoms with Gasteiger partial charge in [-0.25, -0.2) is 9.78 Å². The van der Waals surface area contributed by atoms with E-state index in [9.17, 15) is 4.79 Å². The van der Waals surface area contributed by atoms with Crippen LogP contribution in [0.25, 0.3) is 0 Å². The Labute approximate surface area is 69.8 Å². The average molecular weight is 167 g/mol. The molecule has 1 rings (SSSR count). The van der Waals surface area contributed by atoms with E-state index in [1.54, 1.807) is 6.92 Å². The Balaban J connectivity index is 2.81. The van der Waals surface area contributed by atoms with Gasteiger partial charge in [0.05, 0.1) is 6.61 Å². The second-order valence-electron chi connectivity index (χ2n) is 2.12. The molecule has 0 aliphatic carbocycles. The highest BCUT2D eigenvalue weighted by Crippen LogP contribution is 2.08. The van der Waals surface area contributed by atoms with Crippen molar-refractivity contribution in [1.29, 1.82) is 0 Å². The van der Waals surface area contributed by atoms with Crippen molar-refractivity contribution in [2.24, 2.45) is 0 Å². The first-order chi connectivity index (χ1) is 5.74. The van der Waals surface area contributed by atoms with Gasteiger partial charge in [-0.2, -0.15) is 0 Å². The lowest BCUT2D eigenvalue weighted by atomic mass is 10.3. The van der Waals surface area contributed by atoms with Crippen molar-refractivity contribution in [3.05, 3.63) is 24.0 Å². The van der Waals surface area contributed by atoms with Crippen LogP contribution in [-0.4, -0.2) is 22.7 Å². The van der Waals surface area contributed by atoms with Crippen LogP contribution in [0.5, 0.6) is 5.75 Å². The standard InChI is InChI=1S/C8H9NO3/c1-2-12-8(11)7-5-6(10)3-4-9-7/h3-5H,2H2,1H3,(H,9,10). The predicted molar refractivity (Wildman–Crippen MR) is 41.9 cm³/mol.